The van der Waals surface area contributed by atoms with E-state index in [1.807, 2.05) is 6.33 Å². The van der Waals surface area contributed by atoms with Crippen molar-refractivity contribution in [3.05, 3.63) is 18.2 Å². The Hall–Kier alpha value is -0.870. The van der Waals surface area contributed by atoms with Gasteiger partial charge in [-0.2, -0.15) is 0 Å². The van der Waals surface area contributed by atoms with Crippen molar-refractivity contribution in [2.75, 3.05) is 13.1 Å². The van der Waals surface area contributed by atoms with E-state index in [9.17, 15) is 0 Å². The molecule has 2 heterocycles. The second kappa shape index (κ2) is 4.60. The fraction of sp³-hybridized carbons (Fsp3) is 0.800. The van der Waals surface area contributed by atoms with Crippen LogP contribution in [0, 0.1) is 11.8 Å². The third-order valence-corrected chi connectivity index (χ3v) is 5.30. The topological polar surface area (TPSA) is 47.1 Å². The summed E-state index contributed by atoms with van der Waals surface area (Å²) in [7, 11) is 0. The van der Waals surface area contributed by atoms with E-state index >= 15 is 0 Å². The Morgan fingerprint density at radius 2 is 2.11 bits per heavy atom. The van der Waals surface area contributed by atoms with Crippen LogP contribution in [0.1, 0.15) is 43.8 Å². The van der Waals surface area contributed by atoms with Crippen LogP contribution in [-0.2, 0) is 6.54 Å². The SMILES string of the molecule is NC1CCCC2CN(Cc3cncn3C3CC3)CC12. The third kappa shape index (κ3) is 2.21. The molecule has 4 heteroatoms. The third-order valence-electron chi connectivity index (χ3n) is 5.30. The molecular formula is C15H24N4. The first kappa shape index (κ1) is 11.9. The molecule has 0 radical (unpaired) electrons. The highest BCUT2D eigenvalue weighted by Crippen LogP contribution is 2.38. The lowest BCUT2D eigenvalue weighted by Gasteiger charge is -2.29. The molecule has 1 aromatic rings. The fourth-order valence-corrected chi connectivity index (χ4v) is 4.10. The molecule has 2 aliphatic carbocycles. The van der Waals surface area contributed by atoms with Crippen LogP contribution in [0.5, 0.6) is 0 Å². The molecule has 2 saturated carbocycles. The van der Waals surface area contributed by atoms with Gasteiger partial charge in [0, 0.05) is 37.9 Å². The molecular weight excluding hydrogens is 236 g/mol. The van der Waals surface area contributed by atoms with E-state index in [1.54, 1.807) is 0 Å². The molecule has 2 N–H and O–H groups in total. The van der Waals surface area contributed by atoms with Crippen molar-refractivity contribution in [3.8, 4) is 0 Å². The predicted octanol–water partition coefficient (Wildman–Crippen LogP) is 1.78. The minimum Gasteiger partial charge on any atom is -0.330 e. The molecule has 1 aromatic heterocycles. The monoisotopic (exact) mass is 260 g/mol. The largest absolute Gasteiger partial charge is 0.330 e. The second-order valence-corrected chi connectivity index (χ2v) is 6.74. The summed E-state index contributed by atoms with van der Waals surface area (Å²) in [6, 6.07) is 1.18. The van der Waals surface area contributed by atoms with Crippen LogP contribution in [0.3, 0.4) is 0 Å². The van der Waals surface area contributed by atoms with Gasteiger partial charge >= 0.3 is 0 Å². The first-order valence-electron chi connectivity index (χ1n) is 7.80. The number of fused-ring (bicyclic) bond motifs is 1. The minimum absolute atomic E-state index is 0.442. The van der Waals surface area contributed by atoms with E-state index in [-0.39, 0.29) is 0 Å². The smallest absolute Gasteiger partial charge is 0.0951 e. The molecule has 104 valence electrons. The van der Waals surface area contributed by atoms with Gasteiger partial charge in [0.1, 0.15) is 0 Å². The van der Waals surface area contributed by atoms with Gasteiger partial charge in [-0.3, -0.25) is 4.90 Å². The fourth-order valence-electron chi connectivity index (χ4n) is 4.10. The zero-order valence-electron chi connectivity index (χ0n) is 11.5. The molecule has 0 bridgehead atoms. The standard InChI is InChI=1S/C15H24N4/c16-15-3-1-2-11-7-18(9-14(11)15)8-13-6-17-10-19(13)12-4-5-12/h6,10-12,14-15H,1-5,7-9,16H2. The Balaban J connectivity index is 1.45. The lowest BCUT2D eigenvalue weighted by molar-refractivity contribution is 0.259. The molecule has 1 aliphatic heterocycles. The number of aromatic nitrogens is 2. The Labute approximate surface area is 115 Å². The van der Waals surface area contributed by atoms with Crippen LogP contribution in [0.25, 0.3) is 0 Å². The predicted molar refractivity (Wildman–Crippen MR) is 74.6 cm³/mol. The Kier molecular flexibility index (Phi) is 2.88. The maximum absolute atomic E-state index is 6.30. The highest BCUT2D eigenvalue weighted by Gasteiger charge is 2.39. The molecule has 3 unspecified atom stereocenters. The van der Waals surface area contributed by atoms with Crippen LogP contribution in [-0.4, -0.2) is 33.6 Å². The summed E-state index contributed by atoms with van der Waals surface area (Å²) in [5, 5.41) is 0. The average Bonchev–Trinajstić information content (AvgIpc) is 2.99. The van der Waals surface area contributed by atoms with Crippen molar-refractivity contribution in [2.24, 2.45) is 17.6 Å². The lowest BCUT2D eigenvalue weighted by Crippen LogP contribution is -2.38. The molecule has 4 rings (SSSR count). The molecule has 4 nitrogen and oxygen atoms in total. The van der Waals surface area contributed by atoms with Crippen molar-refractivity contribution in [1.29, 1.82) is 0 Å². The van der Waals surface area contributed by atoms with Gasteiger partial charge in [0.05, 0.1) is 12.0 Å². The van der Waals surface area contributed by atoms with Crippen LogP contribution in [0.15, 0.2) is 12.5 Å². The van der Waals surface area contributed by atoms with Gasteiger partial charge in [0.15, 0.2) is 0 Å². The average molecular weight is 260 g/mol. The Morgan fingerprint density at radius 3 is 2.89 bits per heavy atom. The molecule has 3 fully saturated rings. The molecule has 3 aliphatic rings. The summed E-state index contributed by atoms with van der Waals surface area (Å²) in [5.41, 5.74) is 7.70. The Morgan fingerprint density at radius 1 is 1.21 bits per heavy atom. The summed E-state index contributed by atoms with van der Waals surface area (Å²) in [4.78, 5) is 6.95. The van der Waals surface area contributed by atoms with Gasteiger partial charge in [-0.15, -0.1) is 0 Å². The van der Waals surface area contributed by atoms with E-state index < -0.39 is 0 Å². The first-order valence-corrected chi connectivity index (χ1v) is 7.80. The first-order chi connectivity index (χ1) is 9.31. The summed E-state index contributed by atoms with van der Waals surface area (Å²) in [6.07, 6.45) is 10.7. The number of hydrogen-bond acceptors (Lipinski definition) is 3. The van der Waals surface area contributed by atoms with Gasteiger partial charge in [0.25, 0.3) is 0 Å². The van der Waals surface area contributed by atoms with Gasteiger partial charge in [-0.25, -0.2) is 4.98 Å². The number of imidazole rings is 1. The number of likely N-dealkylation sites (tertiary alicyclic amines) is 1. The van der Waals surface area contributed by atoms with Crippen LogP contribution < -0.4 is 5.73 Å². The van der Waals surface area contributed by atoms with Crippen LogP contribution in [0.4, 0.5) is 0 Å². The molecule has 0 aromatic carbocycles. The molecule has 0 spiro atoms. The van der Waals surface area contributed by atoms with Crippen molar-refractivity contribution < 1.29 is 0 Å². The number of hydrogen-bond donors (Lipinski definition) is 1. The summed E-state index contributed by atoms with van der Waals surface area (Å²) >= 11 is 0. The van der Waals surface area contributed by atoms with E-state index in [0.717, 1.165) is 24.4 Å². The molecule has 1 saturated heterocycles. The highest BCUT2D eigenvalue weighted by molar-refractivity contribution is 5.05. The summed E-state index contributed by atoms with van der Waals surface area (Å²) in [5.74, 6) is 1.59. The number of nitrogens with zero attached hydrogens (tertiary/aromatic N) is 3. The van der Waals surface area contributed by atoms with Crippen molar-refractivity contribution in [1.82, 2.24) is 14.5 Å². The summed E-state index contributed by atoms with van der Waals surface area (Å²) in [6.45, 7) is 3.51. The van der Waals surface area contributed by atoms with E-state index in [0.29, 0.717) is 6.04 Å². The molecule has 3 atom stereocenters. The van der Waals surface area contributed by atoms with Gasteiger partial charge in [-0.05, 0) is 37.5 Å². The van der Waals surface area contributed by atoms with Crippen molar-refractivity contribution >= 4 is 0 Å². The van der Waals surface area contributed by atoms with Crippen molar-refractivity contribution in [2.45, 2.75) is 50.7 Å². The quantitative estimate of drug-likeness (QED) is 0.901. The lowest BCUT2D eigenvalue weighted by atomic mass is 9.78. The Bertz CT molecular complexity index is 451. The minimum atomic E-state index is 0.442. The van der Waals surface area contributed by atoms with Gasteiger partial charge in [-0.1, -0.05) is 6.42 Å². The normalized spacial score (nSPS) is 35.5. The molecule has 0 amide bonds. The zero-order valence-corrected chi connectivity index (χ0v) is 11.5. The molecule has 19 heavy (non-hydrogen) atoms. The van der Waals surface area contributed by atoms with Crippen LogP contribution in [0.2, 0.25) is 0 Å². The van der Waals surface area contributed by atoms with E-state index in [1.165, 1.54) is 50.9 Å². The van der Waals surface area contributed by atoms with Crippen LogP contribution >= 0.6 is 0 Å². The van der Waals surface area contributed by atoms with Gasteiger partial charge < -0.3 is 10.3 Å². The number of rotatable bonds is 3. The maximum atomic E-state index is 6.30. The van der Waals surface area contributed by atoms with E-state index in [4.69, 9.17) is 5.73 Å². The maximum Gasteiger partial charge on any atom is 0.0951 e. The van der Waals surface area contributed by atoms with Crippen molar-refractivity contribution in [3.63, 3.8) is 0 Å². The second-order valence-electron chi connectivity index (χ2n) is 6.74. The summed E-state index contributed by atoms with van der Waals surface area (Å²) < 4.78 is 2.39. The number of nitrogens with two attached hydrogens (primary N) is 1. The zero-order chi connectivity index (χ0) is 12.8. The van der Waals surface area contributed by atoms with E-state index in [2.05, 4.69) is 20.6 Å². The highest BCUT2D eigenvalue weighted by atomic mass is 15.2. The van der Waals surface area contributed by atoms with Gasteiger partial charge in [0.2, 0.25) is 0 Å².